The molecule has 0 unspecified atom stereocenters. The summed E-state index contributed by atoms with van der Waals surface area (Å²) in [7, 11) is 0. The molecule has 2 atom stereocenters. The van der Waals surface area contributed by atoms with Crippen LogP contribution in [0.4, 0.5) is 0 Å². The average molecular weight is 506 g/mol. The molecule has 0 spiro atoms. The Morgan fingerprint density at radius 3 is 2.18 bits per heavy atom. The highest BCUT2D eigenvalue weighted by molar-refractivity contribution is 6.35. The third-order valence-corrected chi connectivity index (χ3v) is 6.78. The Kier molecular flexibility index (Phi) is 10.5. The molecule has 0 aromatic heterocycles. The van der Waals surface area contributed by atoms with Crippen LogP contribution in [0.15, 0.2) is 42.5 Å². The van der Waals surface area contributed by atoms with E-state index in [0.717, 1.165) is 17.5 Å². The van der Waals surface area contributed by atoms with Gasteiger partial charge in [0.05, 0.1) is 0 Å². The van der Waals surface area contributed by atoms with Crippen LogP contribution in [0.25, 0.3) is 0 Å². The molecule has 34 heavy (non-hydrogen) atoms. The van der Waals surface area contributed by atoms with Crippen molar-refractivity contribution in [2.45, 2.75) is 91.3 Å². The van der Waals surface area contributed by atoms with Gasteiger partial charge in [-0.1, -0.05) is 88.2 Å². The van der Waals surface area contributed by atoms with Crippen LogP contribution >= 0.6 is 23.2 Å². The van der Waals surface area contributed by atoms with Gasteiger partial charge in [0.25, 0.3) is 0 Å². The molecule has 0 bridgehead atoms. The molecular formula is C28H38Cl2N2O2. The second-order valence-corrected chi connectivity index (χ2v) is 10.8. The van der Waals surface area contributed by atoms with E-state index >= 15 is 0 Å². The van der Waals surface area contributed by atoms with E-state index in [9.17, 15) is 9.59 Å². The monoisotopic (exact) mass is 504 g/mol. The molecule has 186 valence electrons. The summed E-state index contributed by atoms with van der Waals surface area (Å²) < 4.78 is 0. The first-order valence-corrected chi connectivity index (χ1v) is 12.8. The summed E-state index contributed by atoms with van der Waals surface area (Å²) in [4.78, 5) is 28.2. The number of carbonyl (C=O) groups excluding carboxylic acids is 2. The van der Waals surface area contributed by atoms with Crippen molar-refractivity contribution in [3.05, 3.63) is 69.2 Å². The molecule has 0 saturated heterocycles. The topological polar surface area (TPSA) is 49.4 Å². The number of carbonyl (C=O) groups is 2. The van der Waals surface area contributed by atoms with Crippen molar-refractivity contribution in [3.8, 4) is 0 Å². The lowest BCUT2D eigenvalue weighted by Crippen LogP contribution is -2.50. The number of rotatable bonds is 10. The van der Waals surface area contributed by atoms with Crippen LogP contribution in [0.3, 0.4) is 0 Å². The molecule has 0 heterocycles. The molecule has 0 aliphatic carbocycles. The zero-order valence-electron chi connectivity index (χ0n) is 21.3. The minimum atomic E-state index is -0.573. The lowest BCUT2D eigenvalue weighted by atomic mass is 9.86. The van der Waals surface area contributed by atoms with E-state index in [2.05, 4.69) is 50.4 Å². The average Bonchev–Trinajstić information content (AvgIpc) is 2.78. The van der Waals surface area contributed by atoms with E-state index in [1.54, 1.807) is 17.0 Å². The maximum Gasteiger partial charge on any atom is 0.243 e. The second-order valence-electron chi connectivity index (χ2n) is 9.95. The highest BCUT2D eigenvalue weighted by Gasteiger charge is 2.29. The first-order chi connectivity index (χ1) is 16.0. The summed E-state index contributed by atoms with van der Waals surface area (Å²) in [5.74, 6) is -0.207. The summed E-state index contributed by atoms with van der Waals surface area (Å²) >= 11 is 12.5. The number of hydrogen-bond donors (Lipinski definition) is 1. The maximum atomic E-state index is 13.5. The SMILES string of the molecule is CC[C@@H](C)NC(=O)[C@@H](CC)N(Cc1ccc(Cl)cc1Cl)C(=O)CCc1ccc(C(C)(C)C)cc1. The number of benzene rings is 2. The van der Waals surface area contributed by atoms with Gasteiger partial charge >= 0.3 is 0 Å². The Balaban J connectivity index is 2.24. The first kappa shape index (κ1) is 28.2. The smallest absolute Gasteiger partial charge is 0.243 e. The number of aryl methyl sites for hydroxylation is 1. The maximum absolute atomic E-state index is 13.5. The van der Waals surface area contributed by atoms with Crippen molar-refractivity contribution in [2.75, 3.05) is 0 Å². The normalized spacial score (nSPS) is 13.3. The van der Waals surface area contributed by atoms with E-state index < -0.39 is 6.04 Å². The molecule has 2 rings (SSSR count). The van der Waals surface area contributed by atoms with Crippen LogP contribution < -0.4 is 5.32 Å². The Hall–Kier alpha value is -2.04. The summed E-state index contributed by atoms with van der Waals surface area (Å²) in [6.07, 6.45) is 2.26. The van der Waals surface area contributed by atoms with Crippen LogP contribution in [0.5, 0.6) is 0 Å². The number of halogens is 2. The predicted octanol–water partition coefficient (Wildman–Crippen LogP) is 6.95. The van der Waals surface area contributed by atoms with Crippen molar-refractivity contribution < 1.29 is 9.59 Å². The van der Waals surface area contributed by atoms with Gasteiger partial charge < -0.3 is 10.2 Å². The zero-order chi connectivity index (χ0) is 25.5. The molecule has 6 heteroatoms. The predicted molar refractivity (Wildman–Crippen MR) is 142 cm³/mol. The number of nitrogens with one attached hydrogen (secondary N) is 1. The molecule has 2 aromatic rings. The van der Waals surface area contributed by atoms with Crippen LogP contribution in [-0.2, 0) is 28.0 Å². The highest BCUT2D eigenvalue weighted by Crippen LogP contribution is 2.25. The third-order valence-electron chi connectivity index (χ3n) is 6.19. The standard InChI is InChI=1S/C28H38Cl2N2O2/c1-7-19(3)31-27(34)25(8-2)32(18-21-12-15-23(29)17-24(21)30)26(33)16-11-20-9-13-22(14-10-20)28(4,5)6/h9-10,12-15,17,19,25H,7-8,11,16,18H2,1-6H3,(H,31,34)/t19-,25-/m1/s1. The fourth-order valence-electron chi connectivity index (χ4n) is 3.76. The van der Waals surface area contributed by atoms with Gasteiger partial charge in [0.1, 0.15) is 6.04 Å². The van der Waals surface area contributed by atoms with E-state index in [1.165, 1.54) is 5.56 Å². The fourth-order valence-corrected chi connectivity index (χ4v) is 4.23. The Bertz CT molecular complexity index is 967. The summed E-state index contributed by atoms with van der Waals surface area (Å²) in [5.41, 5.74) is 3.21. The lowest BCUT2D eigenvalue weighted by Gasteiger charge is -2.32. The Morgan fingerprint density at radius 2 is 1.65 bits per heavy atom. The molecule has 0 aliphatic heterocycles. The van der Waals surface area contributed by atoms with Gasteiger partial charge in [-0.25, -0.2) is 0 Å². The molecule has 2 amide bonds. The Labute approximate surface area is 215 Å². The van der Waals surface area contributed by atoms with Crippen molar-refractivity contribution in [1.82, 2.24) is 10.2 Å². The molecular weight excluding hydrogens is 467 g/mol. The minimum Gasteiger partial charge on any atom is -0.352 e. The van der Waals surface area contributed by atoms with Crippen molar-refractivity contribution in [2.24, 2.45) is 0 Å². The van der Waals surface area contributed by atoms with Gasteiger partial charge in [0, 0.05) is 29.1 Å². The van der Waals surface area contributed by atoms with Crippen molar-refractivity contribution in [3.63, 3.8) is 0 Å². The van der Waals surface area contributed by atoms with E-state index in [-0.39, 0.29) is 29.8 Å². The molecule has 0 radical (unpaired) electrons. The van der Waals surface area contributed by atoms with E-state index in [0.29, 0.717) is 29.3 Å². The second kappa shape index (κ2) is 12.6. The van der Waals surface area contributed by atoms with E-state index in [4.69, 9.17) is 23.2 Å². The molecule has 0 aliphatic rings. The van der Waals surface area contributed by atoms with Crippen LogP contribution in [0, 0.1) is 0 Å². The summed E-state index contributed by atoms with van der Waals surface area (Å²) in [6.45, 7) is 12.7. The van der Waals surface area contributed by atoms with Crippen molar-refractivity contribution in [1.29, 1.82) is 0 Å². The summed E-state index contributed by atoms with van der Waals surface area (Å²) in [5, 5.41) is 4.05. The largest absolute Gasteiger partial charge is 0.352 e. The number of amides is 2. The Morgan fingerprint density at radius 1 is 1.00 bits per heavy atom. The van der Waals surface area contributed by atoms with Gasteiger partial charge in [0.15, 0.2) is 0 Å². The van der Waals surface area contributed by atoms with Gasteiger partial charge in [0.2, 0.25) is 11.8 Å². The molecule has 1 N–H and O–H groups in total. The minimum absolute atomic E-state index is 0.0407. The molecule has 0 fully saturated rings. The lowest BCUT2D eigenvalue weighted by molar-refractivity contribution is -0.141. The van der Waals surface area contributed by atoms with Gasteiger partial charge in [-0.15, -0.1) is 0 Å². The van der Waals surface area contributed by atoms with Gasteiger partial charge in [-0.2, -0.15) is 0 Å². The summed E-state index contributed by atoms with van der Waals surface area (Å²) in [6, 6.07) is 13.1. The number of nitrogens with zero attached hydrogens (tertiary/aromatic N) is 1. The first-order valence-electron chi connectivity index (χ1n) is 12.1. The van der Waals surface area contributed by atoms with Crippen LogP contribution in [0.1, 0.15) is 77.5 Å². The van der Waals surface area contributed by atoms with Crippen LogP contribution in [-0.4, -0.2) is 28.8 Å². The quantitative estimate of drug-likeness (QED) is 0.380. The van der Waals surface area contributed by atoms with Gasteiger partial charge in [-0.05, 0) is 60.4 Å². The van der Waals surface area contributed by atoms with Gasteiger partial charge in [-0.3, -0.25) is 9.59 Å². The van der Waals surface area contributed by atoms with E-state index in [1.807, 2.05) is 26.8 Å². The molecule has 0 saturated carbocycles. The van der Waals surface area contributed by atoms with Crippen LogP contribution in [0.2, 0.25) is 10.0 Å². The molecule has 4 nitrogen and oxygen atoms in total. The zero-order valence-corrected chi connectivity index (χ0v) is 22.8. The van der Waals surface area contributed by atoms with Crippen molar-refractivity contribution >= 4 is 35.0 Å². The fraction of sp³-hybridized carbons (Fsp3) is 0.500. The highest BCUT2D eigenvalue weighted by atomic mass is 35.5. The number of hydrogen-bond acceptors (Lipinski definition) is 2. The molecule has 2 aromatic carbocycles. The third kappa shape index (κ3) is 8.02.